The van der Waals surface area contributed by atoms with Crippen molar-refractivity contribution in [2.24, 2.45) is 11.8 Å². The smallest absolute Gasteiger partial charge is 0.107 e. The van der Waals surface area contributed by atoms with E-state index < -0.39 is 0 Å². The van der Waals surface area contributed by atoms with Crippen LogP contribution in [0.1, 0.15) is 323 Å². The van der Waals surface area contributed by atoms with Crippen LogP contribution in [-0.4, -0.2) is 37.6 Å². The van der Waals surface area contributed by atoms with E-state index in [0.717, 1.165) is 25.0 Å². The Kier molecular flexibility index (Phi) is 40.9. The molecule has 0 bridgehead atoms. The van der Waals surface area contributed by atoms with Crippen molar-refractivity contribution in [1.82, 2.24) is 0 Å². The molecule has 61 heavy (non-hydrogen) atoms. The van der Waals surface area contributed by atoms with Crippen molar-refractivity contribution >= 4 is 0 Å². The van der Waals surface area contributed by atoms with E-state index in [1.165, 1.54) is 295 Å². The maximum Gasteiger partial charge on any atom is 0.107 e. The molecule has 0 amide bonds. The Hall–Kier alpha value is -0.120. The van der Waals surface area contributed by atoms with Gasteiger partial charge in [-0.05, 0) is 24.7 Å². The Morgan fingerprint density at radius 2 is 0.475 bits per heavy atom. The lowest BCUT2D eigenvalue weighted by Crippen LogP contribution is -2.33. The van der Waals surface area contributed by atoms with E-state index in [-0.39, 0.29) is 12.2 Å². The number of ether oxygens (including phenoxy) is 3. The third kappa shape index (κ3) is 36.8. The van der Waals surface area contributed by atoms with E-state index in [9.17, 15) is 0 Å². The summed E-state index contributed by atoms with van der Waals surface area (Å²) in [5.74, 6) is 1.57. The van der Waals surface area contributed by atoms with Gasteiger partial charge in [-0.3, -0.25) is 0 Å². The van der Waals surface area contributed by atoms with Crippen molar-refractivity contribution in [3.05, 3.63) is 0 Å². The van der Waals surface area contributed by atoms with Crippen LogP contribution in [0.25, 0.3) is 0 Å². The van der Waals surface area contributed by atoms with E-state index >= 15 is 0 Å². The van der Waals surface area contributed by atoms with Gasteiger partial charge in [0.1, 0.15) is 12.2 Å². The van der Waals surface area contributed by atoms with E-state index in [4.69, 9.17) is 14.2 Å². The van der Waals surface area contributed by atoms with Crippen LogP contribution in [0.2, 0.25) is 0 Å². The minimum absolute atomic E-state index is 0.265. The highest BCUT2D eigenvalue weighted by atomic mass is 16.6. The van der Waals surface area contributed by atoms with E-state index in [1.54, 1.807) is 0 Å². The van der Waals surface area contributed by atoms with Gasteiger partial charge in [0, 0.05) is 0 Å². The van der Waals surface area contributed by atoms with Crippen molar-refractivity contribution in [2.75, 3.05) is 13.2 Å². The Morgan fingerprint density at radius 1 is 0.295 bits per heavy atom. The standard InChI is InChI=1S/C58H114O3/c1-5-9-13-17-21-25-27-29-31-35-39-43-47-53(45-41-37-33-23-19-15-11-7-3)49-55(57-51-59-57)61-56(58-52-60-58)50-54(46-42-38-34-24-20-16-12-8-4)48-44-40-36-32-30-28-26-22-18-14-10-6-2/h53-58H,5-52H2,1-4H3. The van der Waals surface area contributed by atoms with Crippen LogP contribution in [0.3, 0.4) is 0 Å². The Balaban J connectivity index is 1.88. The topological polar surface area (TPSA) is 34.3 Å². The first-order chi connectivity index (χ1) is 30.2. The summed E-state index contributed by atoms with van der Waals surface area (Å²) in [6.07, 6.45) is 66.3. The molecule has 2 aliphatic rings. The monoisotopic (exact) mass is 859 g/mol. The first kappa shape index (κ1) is 57.0. The molecule has 0 radical (unpaired) electrons. The highest BCUT2D eigenvalue weighted by molar-refractivity contribution is 4.88. The van der Waals surface area contributed by atoms with Crippen molar-refractivity contribution in [1.29, 1.82) is 0 Å². The summed E-state index contributed by atoms with van der Waals surface area (Å²) in [4.78, 5) is 0. The fourth-order valence-corrected chi connectivity index (χ4v) is 10.5. The molecular formula is C58H114O3. The van der Waals surface area contributed by atoms with Gasteiger partial charge in [-0.1, -0.05) is 310 Å². The van der Waals surface area contributed by atoms with Gasteiger partial charge in [-0.25, -0.2) is 0 Å². The molecule has 2 saturated heterocycles. The molecule has 0 saturated carbocycles. The molecule has 364 valence electrons. The third-order valence-electron chi connectivity index (χ3n) is 14.9. The average Bonchev–Trinajstić information content (AvgIpc) is 4.21. The molecule has 3 nitrogen and oxygen atoms in total. The molecular weight excluding hydrogens is 745 g/mol. The molecule has 0 aliphatic carbocycles. The zero-order valence-corrected chi connectivity index (χ0v) is 42.6. The molecule has 2 fully saturated rings. The first-order valence-electron chi connectivity index (χ1n) is 29.1. The Morgan fingerprint density at radius 3 is 0.656 bits per heavy atom. The quantitative estimate of drug-likeness (QED) is 0.0451. The van der Waals surface area contributed by atoms with Gasteiger partial charge in [0.2, 0.25) is 0 Å². The van der Waals surface area contributed by atoms with Crippen molar-refractivity contribution in [3.63, 3.8) is 0 Å². The third-order valence-corrected chi connectivity index (χ3v) is 14.9. The van der Waals surface area contributed by atoms with E-state index in [0.29, 0.717) is 12.2 Å². The van der Waals surface area contributed by atoms with Crippen LogP contribution in [-0.2, 0) is 14.2 Å². The Labute approximate surface area is 385 Å². The van der Waals surface area contributed by atoms with Gasteiger partial charge in [-0.15, -0.1) is 0 Å². The highest BCUT2D eigenvalue weighted by Gasteiger charge is 2.42. The Bertz CT molecular complexity index is 784. The summed E-state index contributed by atoms with van der Waals surface area (Å²) < 4.78 is 19.5. The predicted octanol–water partition coefficient (Wildman–Crippen LogP) is 19.8. The second-order valence-corrected chi connectivity index (χ2v) is 21.0. The minimum Gasteiger partial charge on any atom is -0.370 e. The number of hydrogen-bond donors (Lipinski definition) is 0. The lowest BCUT2D eigenvalue weighted by molar-refractivity contribution is -0.0598. The molecule has 0 aromatic rings. The molecule has 2 heterocycles. The van der Waals surface area contributed by atoms with E-state index in [1.807, 2.05) is 0 Å². The number of rotatable bonds is 52. The number of hydrogen-bond acceptors (Lipinski definition) is 3. The van der Waals surface area contributed by atoms with Crippen LogP contribution in [0, 0.1) is 11.8 Å². The van der Waals surface area contributed by atoms with Crippen molar-refractivity contribution in [2.45, 2.75) is 347 Å². The predicted molar refractivity (Wildman–Crippen MR) is 270 cm³/mol. The maximum absolute atomic E-state index is 7.30. The van der Waals surface area contributed by atoms with Gasteiger partial charge in [0.05, 0.1) is 25.4 Å². The van der Waals surface area contributed by atoms with Gasteiger partial charge < -0.3 is 14.2 Å². The molecule has 6 atom stereocenters. The summed E-state index contributed by atoms with van der Waals surface area (Å²) in [7, 11) is 0. The maximum atomic E-state index is 7.30. The fourth-order valence-electron chi connectivity index (χ4n) is 10.5. The fraction of sp³-hybridized carbons (Fsp3) is 1.00. The highest BCUT2D eigenvalue weighted by Crippen LogP contribution is 2.35. The van der Waals surface area contributed by atoms with Gasteiger partial charge in [0.25, 0.3) is 0 Å². The zero-order valence-electron chi connectivity index (χ0n) is 42.6. The largest absolute Gasteiger partial charge is 0.370 e. The van der Waals surface area contributed by atoms with Crippen LogP contribution >= 0.6 is 0 Å². The molecule has 6 unspecified atom stereocenters. The molecule has 2 rings (SSSR count). The lowest BCUT2D eigenvalue weighted by Gasteiger charge is -2.29. The second-order valence-electron chi connectivity index (χ2n) is 21.0. The molecule has 0 aromatic carbocycles. The van der Waals surface area contributed by atoms with Crippen molar-refractivity contribution < 1.29 is 14.2 Å². The number of epoxide rings is 2. The van der Waals surface area contributed by atoms with Gasteiger partial charge in [-0.2, -0.15) is 0 Å². The molecule has 0 aromatic heterocycles. The van der Waals surface area contributed by atoms with Crippen LogP contribution < -0.4 is 0 Å². The summed E-state index contributed by atoms with van der Waals surface area (Å²) in [5.41, 5.74) is 0. The summed E-state index contributed by atoms with van der Waals surface area (Å²) in [6.45, 7) is 11.1. The number of unbranched alkanes of at least 4 members (excludes halogenated alkanes) is 36. The molecule has 2 aliphatic heterocycles. The minimum atomic E-state index is 0.265. The molecule has 3 heteroatoms. The van der Waals surface area contributed by atoms with Crippen molar-refractivity contribution in [3.8, 4) is 0 Å². The van der Waals surface area contributed by atoms with Gasteiger partial charge in [0.15, 0.2) is 0 Å². The van der Waals surface area contributed by atoms with E-state index in [2.05, 4.69) is 27.7 Å². The van der Waals surface area contributed by atoms with Crippen LogP contribution in [0.5, 0.6) is 0 Å². The molecule has 0 spiro atoms. The summed E-state index contributed by atoms with van der Waals surface area (Å²) >= 11 is 0. The zero-order chi connectivity index (χ0) is 43.5. The average molecular weight is 860 g/mol. The summed E-state index contributed by atoms with van der Waals surface area (Å²) in [6, 6.07) is 0. The summed E-state index contributed by atoms with van der Waals surface area (Å²) in [5, 5.41) is 0. The van der Waals surface area contributed by atoms with Crippen LogP contribution in [0.4, 0.5) is 0 Å². The molecule has 0 N–H and O–H groups in total. The lowest BCUT2D eigenvalue weighted by atomic mass is 9.87. The van der Waals surface area contributed by atoms with Crippen LogP contribution in [0.15, 0.2) is 0 Å². The normalized spacial score (nSPS) is 18.1. The first-order valence-corrected chi connectivity index (χ1v) is 29.1. The van der Waals surface area contributed by atoms with Gasteiger partial charge >= 0.3 is 0 Å². The second kappa shape index (κ2) is 43.8. The SMILES string of the molecule is CCCCCCCCCCCCCCC(CCCCCCCCCC)CC(OC(CC(CCCCCCCCCC)CCCCCCCCCCCCCC)C1CO1)C1CO1.